The van der Waals surface area contributed by atoms with Gasteiger partial charge in [0.25, 0.3) is 0 Å². The lowest BCUT2D eigenvalue weighted by Gasteiger charge is -2.12. The molecule has 0 amide bonds. The molecule has 1 aliphatic rings. The van der Waals surface area contributed by atoms with Crippen LogP contribution in [0, 0.1) is 5.92 Å². The molecule has 0 radical (unpaired) electrons. The van der Waals surface area contributed by atoms with Gasteiger partial charge in [-0.3, -0.25) is 0 Å². The van der Waals surface area contributed by atoms with E-state index in [1.807, 2.05) is 19.2 Å². The van der Waals surface area contributed by atoms with Crippen molar-refractivity contribution in [3.8, 4) is 10.4 Å². The summed E-state index contributed by atoms with van der Waals surface area (Å²) in [5, 5.41) is 4.79. The van der Waals surface area contributed by atoms with Crippen molar-refractivity contribution in [3.05, 3.63) is 43.7 Å². The van der Waals surface area contributed by atoms with Crippen LogP contribution in [0.1, 0.15) is 23.8 Å². The zero-order valence-electron chi connectivity index (χ0n) is 10.9. The highest BCUT2D eigenvalue weighted by molar-refractivity contribution is 9.10. The fraction of sp³-hybridized carbons (Fsp3) is 0.333. The number of rotatable bonds is 4. The number of hydrogen-bond acceptors (Lipinski definition) is 2. The summed E-state index contributed by atoms with van der Waals surface area (Å²) in [6.07, 6.45) is 2.64. The minimum Gasteiger partial charge on any atom is -0.312 e. The second-order valence-corrected chi connectivity index (χ2v) is 7.90. The largest absolute Gasteiger partial charge is 0.312 e. The van der Waals surface area contributed by atoms with Crippen LogP contribution in [0.15, 0.2) is 28.7 Å². The molecule has 1 aliphatic carbocycles. The Morgan fingerprint density at radius 2 is 1.90 bits per heavy atom. The summed E-state index contributed by atoms with van der Waals surface area (Å²) in [6, 6.07) is 8.54. The van der Waals surface area contributed by atoms with Crippen molar-refractivity contribution in [3.63, 3.8) is 0 Å². The number of nitrogens with one attached hydrogen (secondary N) is 1. The third kappa shape index (κ3) is 2.93. The van der Waals surface area contributed by atoms with E-state index in [-0.39, 0.29) is 0 Å². The van der Waals surface area contributed by atoms with Crippen molar-refractivity contribution in [2.75, 3.05) is 7.05 Å². The van der Waals surface area contributed by atoms with Gasteiger partial charge in [0.05, 0.1) is 10.0 Å². The molecule has 1 N–H and O–H groups in total. The summed E-state index contributed by atoms with van der Waals surface area (Å²) in [5.74, 6) is 0.780. The number of halogens is 3. The highest BCUT2D eigenvalue weighted by Gasteiger charge is 2.32. The molecule has 106 valence electrons. The third-order valence-electron chi connectivity index (χ3n) is 3.59. The van der Waals surface area contributed by atoms with Crippen LogP contribution in [0.4, 0.5) is 0 Å². The molecule has 1 atom stereocenters. The Labute approximate surface area is 141 Å². The summed E-state index contributed by atoms with van der Waals surface area (Å²) in [5.41, 5.74) is 0.929. The molecule has 0 spiro atoms. The maximum atomic E-state index is 6.34. The fourth-order valence-electron chi connectivity index (χ4n) is 2.47. The SMILES string of the molecule is CNC(c1ccc(-c2c(Cl)cc(Br)cc2Cl)s1)C1CC1. The molecular formula is C15H14BrCl2NS. The van der Waals surface area contributed by atoms with Gasteiger partial charge in [-0.25, -0.2) is 0 Å². The Kier molecular flexibility index (Phi) is 4.44. The quantitative estimate of drug-likeness (QED) is 0.659. The first-order chi connectivity index (χ1) is 9.60. The normalized spacial score (nSPS) is 16.4. The second kappa shape index (κ2) is 5.98. The molecule has 1 unspecified atom stereocenters. The Bertz CT molecular complexity index is 614. The van der Waals surface area contributed by atoms with Gasteiger partial charge in [-0.15, -0.1) is 11.3 Å². The molecule has 1 heterocycles. The van der Waals surface area contributed by atoms with Gasteiger partial charge in [0.15, 0.2) is 0 Å². The van der Waals surface area contributed by atoms with Gasteiger partial charge in [0.2, 0.25) is 0 Å². The van der Waals surface area contributed by atoms with Gasteiger partial charge in [-0.2, -0.15) is 0 Å². The molecule has 1 saturated carbocycles. The molecule has 5 heteroatoms. The number of thiophene rings is 1. The van der Waals surface area contributed by atoms with Crippen molar-refractivity contribution in [2.45, 2.75) is 18.9 Å². The number of hydrogen-bond donors (Lipinski definition) is 1. The van der Waals surface area contributed by atoms with E-state index in [9.17, 15) is 0 Å². The average Bonchev–Trinajstić information content (AvgIpc) is 3.09. The van der Waals surface area contributed by atoms with E-state index in [4.69, 9.17) is 23.2 Å². The highest BCUT2D eigenvalue weighted by atomic mass is 79.9. The van der Waals surface area contributed by atoms with Crippen LogP contribution in [0.25, 0.3) is 10.4 Å². The molecule has 3 rings (SSSR count). The fourth-order valence-corrected chi connectivity index (χ4v) is 5.28. The average molecular weight is 391 g/mol. The van der Waals surface area contributed by atoms with Gasteiger partial charge < -0.3 is 5.32 Å². The van der Waals surface area contributed by atoms with Crippen LogP contribution in [-0.4, -0.2) is 7.05 Å². The van der Waals surface area contributed by atoms with E-state index >= 15 is 0 Å². The summed E-state index contributed by atoms with van der Waals surface area (Å²) < 4.78 is 0.902. The summed E-state index contributed by atoms with van der Waals surface area (Å²) in [7, 11) is 2.03. The molecule has 20 heavy (non-hydrogen) atoms. The van der Waals surface area contributed by atoms with Gasteiger partial charge in [0, 0.05) is 25.8 Å². The topological polar surface area (TPSA) is 12.0 Å². The molecule has 0 aliphatic heterocycles. The molecule has 1 nitrogen and oxygen atoms in total. The van der Waals surface area contributed by atoms with E-state index in [2.05, 4.69) is 33.4 Å². The van der Waals surface area contributed by atoms with Crippen LogP contribution in [0.3, 0.4) is 0 Å². The van der Waals surface area contributed by atoms with E-state index in [1.54, 1.807) is 11.3 Å². The Morgan fingerprint density at radius 3 is 2.45 bits per heavy atom. The minimum atomic E-state index is 0.460. The monoisotopic (exact) mass is 389 g/mol. The molecule has 0 bridgehead atoms. The Balaban J connectivity index is 1.97. The van der Waals surface area contributed by atoms with Crippen molar-refractivity contribution in [1.29, 1.82) is 0 Å². The molecule has 0 saturated heterocycles. The van der Waals surface area contributed by atoms with E-state index in [0.29, 0.717) is 16.1 Å². The predicted molar refractivity (Wildman–Crippen MR) is 92.0 cm³/mol. The Morgan fingerprint density at radius 1 is 1.25 bits per heavy atom. The summed E-state index contributed by atoms with van der Waals surface area (Å²) >= 11 is 17.9. The number of benzene rings is 1. The summed E-state index contributed by atoms with van der Waals surface area (Å²) in [6.45, 7) is 0. The van der Waals surface area contributed by atoms with Gasteiger partial charge >= 0.3 is 0 Å². The highest BCUT2D eigenvalue weighted by Crippen LogP contribution is 2.46. The van der Waals surface area contributed by atoms with Crippen LogP contribution >= 0.6 is 50.5 Å². The molecule has 1 aromatic heterocycles. The Hall–Kier alpha value is -0.0600. The zero-order chi connectivity index (χ0) is 14.3. The first-order valence-electron chi connectivity index (χ1n) is 6.52. The first kappa shape index (κ1) is 14.9. The van der Waals surface area contributed by atoms with Crippen LogP contribution in [-0.2, 0) is 0 Å². The van der Waals surface area contributed by atoms with Gasteiger partial charge in [0.1, 0.15) is 0 Å². The second-order valence-electron chi connectivity index (χ2n) is 5.05. The summed E-state index contributed by atoms with van der Waals surface area (Å²) in [4.78, 5) is 2.49. The van der Waals surface area contributed by atoms with Crippen LogP contribution in [0.2, 0.25) is 10.0 Å². The predicted octanol–water partition coefficient (Wildman–Crippen LogP) is 6.15. The van der Waals surface area contributed by atoms with Crippen LogP contribution < -0.4 is 5.32 Å². The minimum absolute atomic E-state index is 0.460. The first-order valence-corrected chi connectivity index (χ1v) is 8.88. The van der Waals surface area contributed by atoms with Crippen molar-refractivity contribution in [1.82, 2.24) is 5.32 Å². The smallest absolute Gasteiger partial charge is 0.0518 e. The molecule has 1 fully saturated rings. The van der Waals surface area contributed by atoms with E-state index < -0.39 is 0 Å². The lowest BCUT2D eigenvalue weighted by Crippen LogP contribution is -2.16. The van der Waals surface area contributed by atoms with Gasteiger partial charge in [-0.05, 0) is 50.1 Å². The molecule has 2 aromatic rings. The van der Waals surface area contributed by atoms with Crippen molar-refractivity contribution < 1.29 is 0 Å². The lowest BCUT2D eigenvalue weighted by atomic mass is 10.1. The van der Waals surface area contributed by atoms with Crippen molar-refractivity contribution in [2.24, 2.45) is 5.92 Å². The van der Waals surface area contributed by atoms with E-state index in [0.717, 1.165) is 20.8 Å². The maximum absolute atomic E-state index is 6.34. The maximum Gasteiger partial charge on any atom is 0.0518 e. The zero-order valence-corrected chi connectivity index (χ0v) is 14.8. The van der Waals surface area contributed by atoms with Crippen molar-refractivity contribution >= 4 is 50.5 Å². The van der Waals surface area contributed by atoms with Gasteiger partial charge in [-0.1, -0.05) is 39.1 Å². The van der Waals surface area contributed by atoms with E-state index in [1.165, 1.54) is 17.7 Å². The lowest BCUT2D eigenvalue weighted by molar-refractivity contribution is 0.537. The molecular weight excluding hydrogens is 377 g/mol. The third-order valence-corrected chi connectivity index (χ3v) is 5.83. The van der Waals surface area contributed by atoms with Crippen LogP contribution in [0.5, 0.6) is 0 Å². The molecule has 1 aromatic carbocycles. The standard InChI is InChI=1S/C15H14BrCl2NS/c1-19-15(8-2-3-8)13-5-4-12(20-13)14-10(17)6-9(16)7-11(14)18/h4-8,15,19H,2-3H2,1H3.